The van der Waals surface area contributed by atoms with E-state index >= 15 is 0 Å². The van der Waals surface area contributed by atoms with Gasteiger partial charge in [0.15, 0.2) is 0 Å². The van der Waals surface area contributed by atoms with Crippen LogP contribution in [0.1, 0.15) is 31.7 Å². The Morgan fingerprint density at radius 2 is 2.08 bits per heavy atom. The van der Waals surface area contributed by atoms with E-state index < -0.39 is 28.3 Å². The van der Waals surface area contributed by atoms with Gasteiger partial charge >= 0.3 is 6.09 Å². The zero-order valence-corrected chi connectivity index (χ0v) is 22.3. The van der Waals surface area contributed by atoms with Gasteiger partial charge in [-0.2, -0.15) is 10.2 Å². The molecule has 38 heavy (non-hydrogen) atoms. The van der Waals surface area contributed by atoms with Crippen molar-refractivity contribution in [3.8, 4) is 17.6 Å². The van der Waals surface area contributed by atoms with E-state index in [1.165, 1.54) is 10.5 Å². The summed E-state index contributed by atoms with van der Waals surface area (Å²) in [5, 5.41) is 23.4. The molecule has 11 nitrogen and oxygen atoms in total. The molecule has 4 heterocycles. The van der Waals surface area contributed by atoms with E-state index in [2.05, 4.69) is 28.3 Å². The third-order valence-corrected chi connectivity index (χ3v) is 10.5. The Labute approximate surface area is 224 Å². The molecular formula is C26H32N8O3S. The predicted molar refractivity (Wildman–Crippen MR) is 145 cm³/mol. The molecule has 2 fully saturated rings. The van der Waals surface area contributed by atoms with Gasteiger partial charge in [0, 0.05) is 37.6 Å². The van der Waals surface area contributed by atoms with Gasteiger partial charge in [0.1, 0.15) is 5.69 Å². The molecule has 0 saturated carbocycles. The van der Waals surface area contributed by atoms with Gasteiger partial charge in [0.2, 0.25) is 17.7 Å². The van der Waals surface area contributed by atoms with E-state index in [-0.39, 0.29) is 11.4 Å². The minimum absolute atomic E-state index is 0.0937. The maximum Gasteiger partial charge on any atom is 0.407 e. The van der Waals surface area contributed by atoms with Crippen LogP contribution in [0.25, 0.3) is 11.5 Å². The van der Waals surface area contributed by atoms with Crippen molar-refractivity contribution in [2.24, 2.45) is 11.7 Å². The molecule has 5 atom stereocenters. The highest BCUT2D eigenvalue weighted by molar-refractivity contribution is 8.17. The molecule has 3 unspecified atom stereocenters. The second-order valence-electron chi connectivity index (χ2n) is 10.2. The molecule has 0 spiro atoms. The lowest BCUT2D eigenvalue weighted by atomic mass is 9.79. The lowest BCUT2D eigenvalue weighted by molar-refractivity contribution is 0.145. The minimum Gasteiger partial charge on any atom is -0.465 e. The standard InChI is InChI=1S/C26H32N8O3S/c1-17-14-33(25(35)36)11-6-12-34(17)24-29-10-9-20(30-24)22-31-23(37-32-22)26(2)16-38(21(28)19(26)13-27)15-18-7-4-3-5-8-18/h3-5,7-10,17,19,21,38H,6,11-12,14-16,28H2,1-2H3,(H,35,36)/t17-,19?,21?,26-/m0/s1. The molecule has 2 aromatic heterocycles. The van der Waals surface area contributed by atoms with Crippen LogP contribution in [0.4, 0.5) is 10.7 Å². The quantitative estimate of drug-likeness (QED) is 0.414. The lowest BCUT2D eigenvalue weighted by Crippen LogP contribution is -2.41. The van der Waals surface area contributed by atoms with Gasteiger partial charge in [-0.15, -0.1) is 0 Å². The number of nitrogens with two attached hydrogens (primary N) is 1. The zero-order chi connectivity index (χ0) is 26.9. The number of anilines is 1. The van der Waals surface area contributed by atoms with Gasteiger partial charge in [-0.25, -0.2) is 25.7 Å². The van der Waals surface area contributed by atoms with E-state index in [4.69, 9.17) is 20.2 Å². The van der Waals surface area contributed by atoms with Crippen molar-refractivity contribution < 1.29 is 14.4 Å². The van der Waals surface area contributed by atoms with Crippen molar-refractivity contribution in [3.05, 3.63) is 54.0 Å². The lowest BCUT2D eigenvalue weighted by Gasteiger charge is -2.28. The summed E-state index contributed by atoms with van der Waals surface area (Å²) in [6, 6.07) is 14.3. The Morgan fingerprint density at radius 1 is 1.29 bits per heavy atom. The summed E-state index contributed by atoms with van der Waals surface area (Å²) < 4.78 is 5.75. The molecule has 2 aliphatic heterocycles. The van der Waals surface area contributed by atoms with Gasteiger partial charge in [0.25, 0.3) is 0 Å². The number of thiol groups is 1. The first-order chi connectivity index (χ1) is 18.3. The van der Waals surface area contributed by atoms with Gasteiger partial charge in [-0.1, -0.05) is 35.5 Å². The maximum atomic E-state index is 11.5. The van der Waals surface area contributed by atoms with Crippen LogP contribution in [0.15, 0.2) is 47.1 Å². The number of rotatable bonds is 5. The third kappa shape index (κ3) is 4.91. The van der Waals surface area contributed by atoms with E-state index in [0.29, 0.717) is 49.4 Å². The number of nitrogens with zero attached hydrogens (tertiary/aromatic N) is 7. The smallest absolute Gasteiger partial charge is 0.407 e. The van der Waals surface area contributed by atoms with Crippen molar-refractivity contribution in [1.82, 2.24) is 25.0 Å². The molecule has 12 heteroatoms. The monoisotopic (exact) mass is 536 g/mol. The molecule has 0 aliphatic carbocycles. The number of benzene rings is 1. The Morgan fingerprint density at radius 3 is 2.82 bits per heavy atom. The summed E-state index contributed by atoms with van der Waals surface area (Å²) in [6.45, 7) is 5.43. The van der Waals surface area contributed by atoms with Crippen LogP contribution in [-0.4, -0.2) is 73.0 Å². The van der Waals surface area contributed by atoms with Crippen LogP contribution >= 0.6 is 10.9 Å². The van der Waals surface area contributed by atoms with Crippen molar-refractivity contribution in [3.63, 3.8) is 0 Å². The van der Waals surface area contributed by atoms with Gasteiger partial charge < -0.3 is 25.2 Å². The number of carbonyl (C=O) groups is 1. The first-order valence-corrected chi connectivity index (χ1v) is 14.4. The van der Waals surface area contributed by atoms with Crippen LogP contribution in [0.2, 0.25) is 0 Å². The van der Waals surface area contributed by atoms with E-state index in [0.717, 1.165) is 11.5 Å². The fourth-order valence-corrected chi connectivity index (χ4v) is 8.62. The summed E-state index contributed by atoms with van der Waals surface area (Å²) in [4.78, 5) is 28.7. The molecule has 2 aliphatic rings. The summed E-state index contributed by atoms with van der Waals surface area (Å²) in [5.74, 6) is 2.33. The van der Waals surface area contributed by atoms with Gasteiger partial charge in [-0.05, 0) is 37.7 Å². The topological polar surface area (TPSA) is 158 Å². The minimum atomic E-state index is -0.920. The van der Waals surface area contributed by atoms with Crippen molar-refractivity contribution >= 4 is 22.9 Å². The van der Waals surface area contributed by atoms with E-state index in [9.17, 15) is 15.2 Å². The molecular weight excluding hydrogens is 504 g/mol. The fourth-order valence-electron chi connectivity index (χ4n) is 5.41. The first kappa shape index (κ1) is 25.9. The van der Waals surface area contributed by atoms with Crippen LogP contribution in [-0.2, 0) is 11.2 Å². The van der Waals surface area contributed by atoms with Gasteiger partial charge in [0.05, 0.1) is 22.8 Å². The third-order valence-electron chi connectivity index (χ3n) is 7.51. The van der Waals surface area contributed by atoms with Crippen molar-refractivity contribution in [2.75, 3.05) is 30.3 Å². The number of hydrogen-bond acceptors (Lipinski definition) is 9. The first-order valence-electron chi connectivity index (χ1n) is 12.7. The summed E-state index contributed by atoms with van der Waals surface area (Å²) >= 11 is 0. The number of amides is 1. The predicted octanol–water partition coefficient (Wildman–Crippen LogP) is 3.00. The molecule has 1 amide bonds. The van der Waals surface area contributed by atoms with Crippen molar-refractivity contribution in [2.45, 2.75) is 42.9 Å². The summed E-state index contributed by atoms with van der Waals surface area (Å²) in [6.07, 6.45) is 1.40. The highest BCUT2D eigenvalue weighted by atomic mass is 32.2. The summed E-state index contributed by atoms with van der Waals surface area (Å²) in [5.41, 5.74) is 7.68. The van der Waals surface area contributed by atoms with Gasteiger partial charge in [-0.3, -0.25) is 0 Å². The number of nitriles is 1. The maximum absolute atomic E-state index is 11.5. The number of hydrogen-bond donors (Lipinski definition) is 3. The Bertz CT molecular complexity index is 1330. The van der Waals surface area contributed by atoms with E-state index in [1.807, 2.05) is 36.9 Å². The molecule has 3 aromatic rings. The second-order valence-corrected chi connectivity index (χ2v) is 12.6. The Balaban J connectivity index is 1.38. The molecule has 0 bridgehead atoms. The largest absolute Gasteiger partial charge is 0.465 e. The average molecular weight is 537 g/mol. The molecule has 2 saturated heterocycles. The van der Waals surface area contributed by atoms with Crippen LogP contribution in [0, 0.1) is 17.2 Å². The highest BCUT2D eigenvalue weighted by Crippen LogP contribution is 2.55. The van der Waals surface area contributed by atoms with Crippen LogP contribution < -0.4 is 10.6 Å². The van der Waals surface area contributed by atoms with E-state index in [1.54, 1.807) is 12.3 Å². The fraction of sp³-hybridized carbons (Fsp3) is 0.462. The molecule has 3 N–H and O–H groups in total. The zero-order valence-electron chi connectivity index (χ0n) is 21.4. The molecule has 1 aromatic carbocycles. The number of aromatic nitrogens is 4. The highest BCUT2D eigenvalue weighted by Gasteiger charge is 2.52. The molecule has 200 valence electrons. The Kier molecular flexibility index (Phi) is 7.23. The Hall–Kier alpha value is -3.69. The van der Waals surface area contributed by atoms with Crippen molar-refractivity contribution in [1.29, 1.82) is 5.26 Å². The second kappa shape index (κ2) is 10.6. The molecule has 0 radical (unpaired) electrons. The van der Waals surface area contributed by atoms with Crippen LogP contribution in [0.3, 0.4) is 0 Å². The average Bonchev–Trinajstić information content (AvgIpc) is 3.44. The molecule has 5 rings (SSSR count). The number of carboxylic acid groups (broad SMARTS) is 1. The SMILES string of the molecule is C[C@H]1CN(C(=O)O)CCCN1c1nccc(-c2noc([C@@]3(C)C[SH](Cc4ccccc4)C(N)C3C#N)n2)n1. The summed E-state index contributed by atoms with van der Waals surface area (Å²) in [7, 11) is -0.665. The normalized spacial score (nSPS) is 28.6. The van der Waals surface area contributed by atoms with Crippen LogP contribution in [0.5, 0.6) is 0 Å².